The molecule has 0 rings (SSSR count). The predicted octanol–water partition coefficient (Wildman–Crippen LogP) is 14.6. The number of aliphatic hydroxyl groups is 2. The zero-order chi connectivity index (χ0) is 62.4. The molecule has 0 radical (unpaired) electrons. The summed E-state index contributed by atoms with van der Waals surface area (Å²) in [4.78, 5) is 0. The van der Waals surface area contributed by atoms with Crippen molar-refractivity contribution in [2.45, 2.75) is 193 Å². The summed E-state index contributed by atoms with van der Waals surface area (Å²) < 4.78 is 140. The van der Waals surface area contributed by atoms with E-state index in [1.807, 2.05) is 32.7 Å². The molecule has 29 nitrogen and oxygen atoms in total. The molecule has 0 aliphatic carbocycles. The van der Waals surface area contributed by atoms with Gasteiger partial charge in [0.05, 0.1) is 97.4 Å². The normalized spacial score (nSPS) is 10.4. The van der Waals surface area contributed by atoms with Gasteiger partial charge in [-0.2, -0.15) is 0 Å². The second-order valence-corrected chi connectivity index (χ2v) is 41.9. The lowest BCUT2D eigenvalue weighted by atomic mass is 10.8. The molecule has 0 saturated carbocycles. The fourth-order valence-corrected chi connectivity index (χ4v) is 23.2. The Balaban J connectivity index is -0.0000000262. The first kappa shape index (κ1) is 179. The summed E-state index contributed by atoms with van der Waals surface area (Å²) in [5.74, 6) is 0. The summed E-state index contributed by atoms with van der Waals surface area (Å²) in [5, 5.41) is 18.9. The van der Waals surface area contributed by atoms with Crippen LogP contribution in [0.2, 0.25) is 44.1 Å². The van der Waals surface area contributed by atoms with Crippen molar-refractivity contribution in [1.29, 1.82) is 0 Å². The van der Waals surface area contributed by atoms with Crippen molar-refractivity contribution < 1.29 is 132 Å². The molecule has 1 unspecified atom stereocenters. The number of rotatable bonds is 45. The number of hydrogen-bond donors (Lipinski definition) is 2. The van der Waals surface area contributed by atoms with Gasteiger partial charge in [0.1, 0.15) is 0 Å². The maximum Gasteiger partial charge on any atom is 0.678 e. The molecule has 646 valence electrons. The van der Waals surface area contributed by atoms with Gasteiger partial charge in [0.25, 0.3) is 0 Å². The van der Waals surface area contributed by atoms with Crippen molar-refractivity contribution in [2.75, 3.05) is 241 Å². The standard InChI is InChI=1S/C9H24O7Si2.C9H24O6Si2.C6H16O5Si.2C6H16O4Si.C6H16O3Si.20CH4/c1-11-6-7-16-18(14-4,15-5)9-17(8-10,12-2)13-3;1-11-6-7-15-16(5,12-2)9-17(8-10,13-3)14-4;1-7-5-6-11-12(8-2,9-3)10-4;2*1-7-5-6-10-11(4,8-2)9-3;1-7-5-6-9-10(3,4)8-2;;;;;;;;;;;;;;;;;;;;/h10H,6-9H2,1-5H3;10H,6-9H2,1-5H3;5-6H2,1-4H3;2*5-6H2,1-4H3;5-6H2,1-4H3;20*1H4. The summed E-state index contributed by atoms with van der Waals surface area (Å²) in [5.41, 5.74) is 0.837. The molecule has 0 aliphatic heterocycles. The van der Waals surface area contributed by atoms with Crippen LogP contribution < -0.4 is 0 Å². The van der Waals surface area contributed by atoms with Crippen LogP contribution in [-0.4, -0.2) is 321 Å². The highest BCUT2D eigenvalue weighted by molar-refractivity contribution is 6.85. The Kier molecular flexibility index (Phi) is 202. The van der Waals surface area contributed by atoms with Crippen molar-refractivity contribution >= 4 is 69.7 Å². The Labute approximate surface area is 631 Å². The van der Waals surface area contributed by atoms with Crippen molar-refractivity contribution in [2.24, 2.45) is 0 Å². The van der Waals surface area contributed by atoms with E-state index in [1.165, 1.54) is 49.8 Å². The lowest BCUT2D eigenvalue weighted by Gasteiger charge is -2.33. The minimum atomic E-state index is -2.91. The minimum absolute atomic E-state index is 0. The molecule has 0 spiro atoms. The lowest BCUT2D eigenvalue weighted by Crippen LogP contribution is -2.57. The summed E-state index contributed by atoms with van der Waals surface area (Å²) in [6.07, 6.45) is -0.297. The summed E-state index contributed by atoms with van der Waals surface area (Å²) in [6, 6.07) is 0. The minimum Gasteiger partial charge on any atom is -0.398 e. The van der Waals surface area contributed by atoms with E-state index in [1.54, 1.807) is 99.5 Å². The van der Waals surface area contributed by atoms with Crippen molar-refractivity contribution in [3.8, 4) is 0 Å². The average molecular weight is 1630 g/mol. The van der Waals surface area contributed by atoms with Crippen LogP contribution in [0.1, 0.15) is 149 Å². The summed E-state index contributed by atoms with van der Waals surface area (Å²) in [7, 11) is 13.1. The number of methoxy groups -OCH3 is 6. The first-order chi connectivity index (χ1) is 37.3. The van der Waals surface area contributed by atoms with Crippen LogP contribution in [0, 0.1) is 0 Å². The summed E-state index contributed by atoms with van der Waals surface area (Å²) >= 11 is 0. The molecule has 0 aliphatic rings. The van der Waals surface area contributed by atoms with Gasteiger partial charge in [-0.25, -0.2) is 0 Å². The van der Waals surface area contributed by atoms with E-state index in [2.05, 4.69) is 0 Å². The van der Waals surface area contributed by atoms with E-state index in [0.717, 1.165) is 0 Å². The number of hydrogen-bond acceptors (Lipinski definition) is 29. The predicted molar refractivity (Wildman–Crippen MR) is 446 cm³/mol. The van der Waals surface area contributed by atoms with Gasteiger partial charge in [-0.3, -0.25) is 0 Å². The smallest absolute Gasteiger partial charge is 0.398 e. The van der Waals surface area contributed by atoms with E-state index < -0.39 is 69.7 Å². The molecule has 1 atom stereocenters. The van der Waals surface area contributed by atoms with E-state index >= 15 is 0 Å². The molecule has 0 heterocycles. The molecule has 99 heavy (non-hydrogen) atoms. The topological polar surface area (TPSA) is 290 Å². The van der Waals surface area contributed by atoms with Crippen LogP contribution in [0.25, 0.3) is 0 Å². The second-order valence-electron chi connectivity index (χ2n) is 16.0. The molecular weight excluding hydrogens is 1430 g/mol. The van der Waals surface area contributed by atoms with E-state index in [0.29, 0.717) is 90.6 Å². The SMILES string of the molecule is C.C.C.C.C.C.C.C.C.C.C.C.C.C.C.C.C.C.C.C.COCCO[Si](C)(C)OC.COCCO[Si](C)(C[Si](CO)(OC)OC)OC.COCCO[Si](C)(OC)OC.COCCO[Si](C)(OC)OC.COCCO[Si](C[Si](CO)(OC)OC)(OC)OC.COCCO[Si](OC)(OC)OC. The second kappa shape index (κ2) is 112. The zero-order valence-corrected chi connectivity index (χ0v) is 61.2. The van der Waals surface area contributed by atoms with Gasteiger partial charge in [0.15, 0.2) is 0 Å². The first-order valence-corrected chi connectivity index (χ1v) is 42.4. The van der Waals surface area contributed by atoms with Gasteiger partial charge in [-0.05, 0) is 19.6 Å². The van der Waals surface area contributed by atoms with Crippen LogP contribution in [0.5, 0.6) is 0 Å². The summed E-state index contributed by atoms with van der Waals surface area (Å²) in [6.45, 7) is 15.7. The molecule has 0 amide bonds. The van der Waals surface area contributed by atoms with Gasteiger partial charge in [0, 0.05) is 168 Å². The monoisotopic (exact) mass is 1630 g/mol. The van der Waals surface area contributed by atoms with Crippen LogP contribution in [0.15, 0.2) is 0 Å². The molecule has 2 N–H and O–H groups in total. The van der Waals surface area contributed by atoms with E-state index in [-0.39, 0.29) is 161 Å². The molecule has 0 aromatic rings. The Morgan fingerprint density at radius 3 is 0.646 bits per heavy atom. The average Bonchev–Trinajstić information content (AvgIpc) is 3.48. The van der Waals surface area contributed by atoms with Crippen molar-refractivity contribution in [1.82, 2.24) is 0 Å². The molecular formula is C62H192O29Si8. The van der Waals surface area contributed by atoms with Crippen molar-refractivity contribution in [3.05, 3.63) is 0 Å². The van der Waals surface area contributed by atoms with Crippen LogP contribution in [-0.2, 0) is 121 Å². The highest BCUT2D eigenvalue weighted by Gasteiger charge is 2.52. The lowest BCUT2D eigenvalue weighted by molar-refractivity contribution is -0.00674. The van der Waals surface area contributed by atoms with Crippen molar-refractivity contribution in [3.63, 3.8) is 0 Å². The van der Waals surface area contributed by atoms with Gasteiger partial charge >= 0.3 is 69.7 Å². The van der Waals surface area contributed by atoms with Gasteiger partial charge in [-0.1, -0.05) is 149 Å². The van der Waals surface area contributed by atoms with Crippen LogP contribution in [0.4, 0.5) is 0 Å². The Hall–Kier alpha value is 0.575. The fraction of sp³-hybridized carbons (Fsp3) is 1.00. The quantitative estimate of drug-likeness (QED) is 0.0423. The Morgan fingerprint density at radius 1 is 0.212 bits per heavy atom. The number of ether oxygens (including phenoxy) is 6. The molecule has 0 bridgehead atoms. The Bertz CT molecular complexity index is 1220. The molecule has 0 fully saturated rings. The van der Waals surface area contributed by atoms with Gasteiger partial charge in [0.2, 0.25) is 0 Å². The molecule has 0 aromatic carbocycles. The van der Waals surface area contributed by atoms with E-state index in [4.69, 9.17) is 121 Å². The first-order valence-electron chi connectivity index (χ1n) is 24.6. The zero-order valence-electron chi connectivity index (χ0n) is 53.2. The molecule has 0 saturated heterocycles. The highest BCUT2D eigenvalue weighted by atomic mass is 28.4. The van der Waals surface area contributed by atoms with Crippen LogP contribution in [0.3, 0.4) is 0 Å². The maximum absolute atomic E-state index is 9.45. The molecule has 0 aromatic heterocycles. The highest BCUT2D eigenvalue weighted by Crippen LogP contribution is 2.24. The fourth-order valence-electron chi connectivity index (χ4n) is 4.97. The third-order valence-corrected chi connectivity index (χ3v) is 35.2. The largest absolute Gasteiger partial charge is 0.678 e. The maximum atomic E-state index is 9.45. The number of aliphatic hydroxyl groups excluding tert-OH is 2. The third-order valence-electron chi connectivity index (χ3n) is 10.7. The van der Waals surface area contributed by atoms with Gasteiger partial charge in [-0.15, -0.1) is 0 Å². The van der Waals surface area contributed by atoms with E-state index in [9.17, 15) is 10.2 Å². The third kappa shape index (κ3) is 92.7. The molecule has 37 heteroatoms. The van der Waals surface area contributed by atoms with Crippen LogP contribution >= 0.6 is 0 Å². The Morgan fingerprint density at radius 2 is 0.444 bits per heavy atom. The van der Waals surface area contributed by atoms with Gasteiger partial charge < -0.3 is 132 Å².